The van der Waals surface area contributed by atoms with Crippen LogP contribution in [0.4, 0.5) is 18.9 Å². The van der Waals surface area contributed by atoms with Gasteiger partial charge in [-0.15, -0.1) is 11.3 Å². The van der Waals surface area contributed by atoms with Gasteiger partial charge in [0.25, 0.3) is 5.56 Å². The summed E-state index contributed by atoms with van der Waals surface area (Å²) >= 11 is 0.992. The normalized spacial score (nSPS) is 11.4. The third kappa shape index (κ3) is 5.24. The van der Waals surface area contributed by atoms with Gasteiger partial charge in [0.05, 0.1) is 23.0 Å². The Balaban J connectivity index is 1.54. The van der Waals surface area contributed by atoms with Crippen LogP contribution in [-0.4, -0.2) is 21.4 Å². The van der Waals surface area contributed by atoms with Gasteiger partial charge in [0, 0.05) is 0 Å². The maximum Gasteiger partial charge on any atom is 0.418 e. The minimum Gasteiger partial charge on any atom is -0.457 e. The van der Waals surface area contributed by atoms with E-state index in [2.05, 4.69) is 10.3 Å². The minimum absolute atomic E-state index is 0.0601. The van der Waals surface area contributed by atoms with E-state index in [0.29, 0.717) is 10.4 Å². The molecule has 7 nitrogen and oxygen atoms in total. The Hall–Kier alpha value is -3.99. The molecule has 1 amide bonds. The average molecular weight is 501 g/mol. The first-order chi connectivity index (χ1) is 16.6. The Labute approximate surface area is 200 Å². The fourth-order valence-corrected chi connectivity index (χ4v) is 4.47. The van der Waals surface area contributed by atoms with Crippen LogP contribution in [0.15, 0.2) is 65.7 Å². The molecular formula is C24H18F3N3O4S. The first kappa shape index (κ1) is 24.1. The summed E-state index contributed by atoms with van der Waals surface area (Å²) in [6.45, 7) is 1.08. The van der Waals surface area contributed by atoms with Crippen LogP contribution < -0.4 is 10.9 Å². The third-order valence-electron chi connectivity index (χ3n) is 5.14. The lowest BCUT2D eigenvalue weighted by Crippen LogP contribution is -2.28. The highest BCUT2D eigenvalue weighted by molar-refractivity contribution is 7.20. The summed E-state index contributed by atoms with van der Waals surface area (Å²) in [5.41, 5.74) is -0.843. The predicted octanol–water partition coefficient (Wildman–Crippen LogP) is 4.78. The number of fused-ring (bicyclic) bond motifs is 1. The van der Waals surface area contributed by atoms with Crippen molar-refractivity contribution in [2.45, 2.75) is 26.3 Å². The van der Waals surface area contributed by atoms with Crippen molar-refractivity contribution in [1.82, 2.24) is 9.55 Å². The number of para-hydroxylation sites is 1. The van der Waals surface area contributed by atoms with Gasteiger partial charge in [-0.3, -0.25) is 14.2 Å². The maximum absolute atomic E-state index is 13.2. The fourth-order valence-electron chi connectivity index (χ4n) is 3.44. The molecule has 0 spiro atoms. The number of nitrogens with one attached hydrogen (secondary N) is 1. The summed E-state index contributed by atoms with van der Waals surface area (Å²) in [7, 11) is 0. The number of esters is 1. The zero-order valence-electron chi connectivity index (χ0n) is 18.3. The van der Waals surface area contributed by atoms with Crippen molar-refractivity contribution in [3.05, 3.63) is 92.8 Å². The van der Waals surface area contributed by atoms with E-state index in [1.54, 1.807) is 6.92 Å². The second-order valence-corrected chi connectivity index (χ2v) is 8.57. The van der Waals surface area contributed by atoms with Gasteiger partial charge in [0.1, 0.15) is 22.9 Å². The summed E-state index contributed by atoms with van der Waals surface area (Å²) in [5.74, 6) is -1.44. The van der Waals surface area contributed by atoms with Crippen LogP contribution >= 0.6 is 11.3 Å². The van der Waals surface area contributed by atoms with Crippen molar-refractivity contribution in [2.75, 3.05) is 5.32 Å². The van der Waals surface area contributed by atoms with E-state index < -0.39 is 41.4 Å². The Morgan fingerprint density at radius 1 is 1.09 bits per heavy atom. The van der Waals surface area contributed by atoms with Crippen LogP contribution in [0.25, 0.3) is 10.2 Å². The van der Waals surface area contributed by atoms with Gasteiger partial charge < -0.3 is 10.1 Å². The lowest BCUT2D eigenvalue weighted by atomic mass is 10.1. The number of thiophene rings is 1. The van der Waals surface area contributed by atoms with Gasteiger partial charge in [-0.25, -0.2) is 9.78 Å². The molecule has 0 bridgehead atoms. The molecule has 2 aromatic heterocycles. The smallest absolute Gasteiger partial charge is 0.418 e. The van der Waals surface area contributed by atoms with Crippen LogP contribution in [0, 0.1) is 6.92 Å². The molecule has 0 radical (unpaired) electrons. The molecule has 0 aliphatic carbocycles. The summed E-state index contributed by atoms with van der Waals surface area (Å²) in [6, 6.07) is 13.6. The molecule has 0 fully saturated rings. The minimum atomic E-state index is -4.65. The van der Waals surface area contributed by atoms with Crippen molar-refractivity contribution in [1.29, 1.82) is 0 Å². The first-order valence-corrected chi connectivity index (χ1v) is 11.1. The number of hydrogen-bond acceptors (Lipinski definition) is 6. The molecule has 0 aliphatic rings. The molecule has 1 N–H and O–H groups in total. The third-order valence-corrected chi connectivity index (χ3v) is 6.32. The molecular weight excluding hydrogens is 483 g/mol. The highest BCUT2D eigenvalue weighted by Gasteiger charge is 2.33. The molecule has 0 aliphatic heterocycles. The number of hydrogen-bond donors (Lipinski definition) is 1. The maximum atomic E-state index is 13.2. The first-order valence-electron chi connectivity index (χ1n) is 10.3. The quantitative estimate of drug-likeness (QED) is 0.384. The van der Waals surface area contributed by atoms with Gasteiger partial charge >= 0.3 is 12.1 Å². The number of ether oxygens (including phenoxy) is 1. The van der Waals surface area contributed by atoms with Crippen molar-refractivity contribution in [3.63, 3.8) is 0 Å². The number of alkyl halides is 3. The van der Waals surface area contributed by atoms with Crippen molar-refractivity contribution in [2.24, 2.45) is 0 Å². The Bertz CT molecular complexity index is 1460. The van der Waals surface area contributed by atoms with Gasteiger partial charge in [-0.05, 0) is 30.2 Å². The predicted molar refractivity (Wildman–Crippen MR) is 124 cm³/mol. The van der Waals surface area contributed by atoms with E-state index in [9.17, 15) is 27.6 Å². The van der Waals surface area contributed by atoms with E-state index >= 15 is 0 Å². The number of rotatable bonds is 6. The molecule has 180 valence electrons. The second kappa shape index (κ2) is 9.71. The van der Waals surface area contributed by atoms with Gasteiger partial charge in [0.2, 0.25) is 5.91 Å². The number of nitrogens with zero attached hydrogens (tertiary/aromatic N) is 2. The van der Waals surface area contributed by atoms with Crippen LogP contribution in [0.3, 0.4) is 0 Å². The molecule has 0 unspecified atom stereocenters. The van der Waals surface area contributed by atoms with E-state index in [-0.39, 0.29) is 16.9 Å². The molecule has 35 heavy (non-hydrogen) atoms. The van der Waals surface area contributed by atoms with E-state index in [0.717, 1.165) is 39.9 Å². The zero-order valence-corrected chi connectivity index (χ0v) is 19.1. The second-order valence-electron chi connectivity index (χ2n) is 7.57. The highest BCUT2D eigenvalue weighted by Crippen LogP contribution is 2.34. The Morgan fingerprint density at radius 3 is 2.49 bits per heavy atom. The van der Waals surface area contributed by atoms with E-state index in [1.807, 2.05) is 30.3 Å². The number of halogens is 3. The average Bonchev–Trinajstić information content (AvgIpc) is 3.16. The van der Waals surface area contributed by atoms with Gasteiger partial charge in [-0.1, -0.05) is 42.5 Å². The molecule has 2 aromatic carbocycles. The summed E-state index contributed by atoms with van der Waals surface area (Å²) in [5, 5.41) is 2.34. The van der Waals surface area contributed by atoms with Crippen LogP contribution in [0.5, 0.6) is 0 Å². The lowest BCUT2D eigenvalue weighted by molar-refractivity contribution is -0.137. The number of aromatic nitrogens is 2. The molecule has 11 heteroatoms. The fraction of sp³-hybridized carbons (Fsp3) is 0.167. The molecule has 4 rings (SSSR count). The summed E-state index contributed by atoms with van der Waals surface area (Å²) in [6.07, 6.45) is -3.53. The van der Waals surface area contributed by atoms with Gasteiger partial charge in [-0.2, -0.15) is 13.2 Å². The molecule has 4 aromatic rings. The SMILES string of the molecule is Cc1c(C(=O)OCc2ccccc2)sc2ncn(CC(=O)Nc3ccccc3C(F)(F)F)c(=O)c12. The topological polar surface area (TPSA) is 90.3 Å². The number of anilines is 1. The number of aryl methyl sites for hydroxylation is 1. The Kier molecular flexibility index (Phi) is 6.70. The van der Waals surface area contributed by atoms with Crippen LogP contribution in [-0.2, 0) is 28.9 Å². The number of carbonyl (C=O) groups excluding carboxylic acids is 2. The highest BCUT2D eigenvalue weighted by atomic mass is 32.1. The molecule has 0 saturated carbocycles. The van der Waals surface area contributed by atoms with Crippen molar-refractivity contribution < 1.29 is 27.5 Å². The zero-order chi connectivity index (χ0) is 25.2. The summed E-state index contributed by atoms with van der Waals surface area (Å²) < 4.78 is 45.8. The van der Waals surface area contributed by atoms with Crippen LogP contribution in [0.2, 0.25) is 0 Å². The lowest BCUT2D eigenvalue weighted by Gasteiger charge is -2.13. The van der Waals surface area contributed by atoms with Gasteiger partial charge in [0.15, 0.2) is 0 Å². The van der Waals surface area contributed by atoms with Crippen LogP contribution in [0.1, 0.15) is 26.4 Å². The van der Waals surface area contributed by atoms with E-state index in [1.165, 1.54) is 12.1 Å². The van der Waals surface area contributed by atoms with E-state index in [4.69, 9.17) is 4.74 Å². The monoisotopic (exact) mass is 501 g/mol. The summed E-state index contributed by atoms with van der Waals surface area (Å²) in [4.78, 5) is 42.7. The molecule has 2 heterocycles. The van der Waals surface area contributed by atoms with Crippen molar-refractivity contribution >= 4 is 39.1 Å². The number of benzene rings is 2. The Morgan fingerprint density at radius 2 is 1.77 bits per heavy atom. The largest absolute Gasteiger partial charge is 0.457 e. The molecule has 0 atom stereocenters. The standard InChI is InChI=1S/C24H18F3N3O4S/c1-14-19-21(35-20(14)23(33)34-12-15-7-3-2-4-8-15)28-13-30(22(19)32)11-18(31)29-17-10-6-5-9-16(17)24(25,26)27/h2-10,13H,11-12H2,1H3,(H,29,31). The number of amides is 1. The van der Waals surface area contributed by atoms with Crippen molar-refractivity contribution in [3.8, 4) is 0 Å². The molecule has 0 saturated heterocycles. The number of carbonyl (C=O) groups is 2.